The van der Waals surface area contributed by atoms with E-state index in [0.717, 1.165) is 6.07 Å². The van der Waals surface area contributed by atoms with Crippen LogP contribution in [0.1, 0.15) is 25.8 Å². The second kappa shape index (κ2) is 7.89. The zero-order chi connectivity index (χ0) is 17.7. The van der Waals surface area contributed by atoms with Crippen molar-refractivity contribution in [2.45, 2.75) is 25.8 Å². The van der Waals surface area contributed by atoms with Crippen LogP contribution in [0.5, 0.6) is 0 Å². The minimum atomic E-state index is -5.54. The highest BCUT2D eigenvalue weighted by Gasteiger charge is 2.46. The maximum Gasteiger partial charge on any atom is 0.516 e. The van der Waals surface area contributed by atoms with Crippen LogP contribution in [0.25, 0.3) is 5.70 Å². The van der Waals surface area contributed by atoms with E-state index in [1.165, 1.54) is 16.9 Å². The Morgan fingerprint density at radius 3 is 2.52 bits per heavy atom. The molecular weight excluding hydrogens is 357 g/mol. The number of hydrogen-bond donors (Lipinski definition) is 2. The first kappa shape index (κ1) is 19.6. The molecule has 0 amide bonds. The number of allylic oxidation sites excluding steroid dienone is 1. The molecule has 0 saturated carbocycles. The average Bonchev–Trinajstić information content (AvgIpc) is 2.44. The second-order valence-electron chi connectivity index (χ2n) is 4.30. The van der Waals surface area contributed by atoms with Crippen molar-refractivity contribution in [1.29, 1.82) is 0 Å². The number of benzene rings is 1. The molecule has 130 valence electrons. The Kier molecular flexibility index (Phi) is 6.72. The summed E-state index contributed by atoms with van der Waals surface area (Å²) in [6, 6.07) is 3.77. The van der Waals surface area contributed by atoms with E-state index in [1.807, 2.05) is 0 Å². The second-order valence-corrected chi connectivity index (χ2v) is 6.41. The Morgan fingerprint density at radius 1 is 1.35 bits per heavy atom. The summed E-state index contributed by atoms with van der Waals surface area (Å²) in [6.07, 6.45) is 2.17. The van der Waals surface area contributed by atoms with E-state index in [4.69, 9.17) is 16.4 Å². The molecule has 23 heavy (non-hydrogen) atoms. The lowest BCUT2D eigenvalue weighted by Gasteiger charge is -2.17. The van der Waals surface area contributed by atoms with Crippen LogP contribution in [-0.4, -0.2) is 20.5 Å². The lowest BCUT2D eigenvalue weighted by atomic mass is 10.1. The number of nitrogens with one attached hydrogen (secondary N) is 2. The van der Waals surface area contributed by atoms with Crippen molar-refractivity contribution in [3.63, 3.8) is 0 Å². The average molecular weight is 373 g/mol. The predicted molar refractivity (Wildman–Crippen MR) is 83.1 cm³/mol. The van der Waals surface area contributed by atoms with Gasteiger partial charge in [-0.05, 0) is 31.5 Å². The summed E-state index contributed by atoms with van der Waals surface area (Å²) in [5.74, 6) is 0. The van der Waals surface area contributed by atoms with Gasteiger partial charge in [0, 0.05) is 10.6 Å². The van der Waals surface area contributed by atoms with Gasteiger partial charge in [0.05, 0.1) is 18.0 Å². The molecule has 0 spiro atoms. The summed E-state index contributed by atoms with van der Waals surface area (Å²) in [5.41, 5.74) is -2.68. The topological polar surface area (TPSA) is 67.4 Å². The van der Waals surface area contributed by atoms with E-state index >= 15 is 0 Å². The molecule has 0 aliphatic heterocycles. The van der Waals surface area contributed by atoms with Crippen LogP contribution in [0, 0.1) is 0 Å². The number of hydroxylamine groups is 1. The fourth-order valence-corrected chi connectivity index (χ4v) is 2.35. The Bertz CT molecular complexity index is 676. The van der Waals surface area contributed by atoms with Crippen molar-refractivity contribution in [3.05, 3.63) is 34.9 Å². The lowest BCUT2D eigenvalue weighted by Crippen LogP contribution is -2.30. The summed E-state index contributed by atoms with van der Waals surface area (Å²) in [7, 11) is -5.54. The normalized spacial score (nSPS) is 13.0. The largest absolute Gasteiger partial charge is 0.516 e. The third-order valence-corrected chi connectivity index (χ3v) is 3.89. The highest BCUT2D eigenvalue weighted by Crippen LogP contribution is 2.31. The summed E-state index contributed by atoms with van der Waals surface area (Å²) < 4.78 is 61.8. The Morgan fingerprint density at radius 2 is 2.00 bits per heavy atom. The molecule has 0 saturated heterocycles. The first-order valence-corrected chi connectivity index (χ1v) is 8.45. The van der Waals surface area contributed by atoms with Gasteiger partial charge in [0.2, 0.25) is 0 Å². The summed E-state index contributed by atoms with van der Waals surface area (Å²) >= 11 is 5.86. The number of sulfonamides is 1. The molecule has 5 nitrogen and oxygen atoms in total. The molecule has 0 unspecified atom stereocenters. The quantitative estimate of drug-likeness (QED) is 0.712. The molecule has 0 bridgehead atoms. The zero-order valence-corrected chi connectivity index (χ0v) is 13.9. The van der Waals surface area contributed by atoms with E-state index in [2.05, 4.69) is 5.48 Å². The first-order chi connectivity index (χ1) is 10.6. The Balaban J connectivity index is 3.32. The minimum absolute atomic E-state index is 0.139. The van der Waals surface area contributed by atoms with Crippen LogP contribution in [0.3, 0.4) is 0 Å². The van der Waals surface area contributed by atoms with Crippen LogP contribution >= 0.6 is 11.6 Å². The molecule has 0 aliphatic carbocycles. The first-order valence-electron chi connectivity index (χ1n) is 6.59. The van der Waals surface area contributed by atoms with Crippen LogP contribution in [0.2, 0.25) is 5.02 Å². The van der Waals surface area contributed by atoms with E-state index in [9.17, 15) is 21.6 Å². The third-order valence-electron chi connectivity index (χ3n) is 2.56. The monoisotopic (exact) mass is 372 g/mol. The van der Waals surface area contributed by atoms with Gasteiger partial charge in [0.1, 0.15) is 0 Å². The van der Waals surface area contributed by atoms with Gasteiger partial charge >= 0.3 is 15.5 Å². The smallest absolute Gasteiger partial charge is 0.276 e. The zero-order valence-electron chi connectivity index (χ0n) is 12.4. The Hall–Kier alpha value is -1.45. The molecule has 1 aromatic carbocycles. The van der Waals surface area contributed by atoms with Crippen LogP contribution in [0.4, 0.5) is 18.9 Å². The maximum atomic E-state index is 12.6. The number of anilines is 1. The summed E-state index contributed by atoms with van der Waals surface area (Å²) in [5, 5.41) is 0.232. The molecule has 0 aliphatic rings. The van der Waals surface area contributed by atoms with Gasteiger partial charge in [-0.3, -0.25) is 15.0 Å². The van der Waals surface area contributed by atoms with Crippen LogP contribution < -0.4 is 10.2 Å². The number of rotatable bonds is 7. The van der Waals surface area contributed by atoms with E-state index < -0.39 is 15.5 Å². The van der Waals surface area contributed by atoms with Gasteiger partial charge in [0.15, 0.2) is 0 Å². The van der Waals surface area contributed by atoms with Crippen molar-refractivity contribution in [2.24, 2.45) is 0 Å². The summed E-state index contributed by atoms with van der Waals surface area (Å²) in [4.78, 5) is 5.03. The molecule has 0 atom stereocenters. The van der Waals surface area contributed by atoms with Gasteiger partial charge in [-0.2, -0.15) is 21.6 Å². The number of hydrogen-bond acceptors (Lipinski definition) is 4. The predicted octanol–water partition coefficient (Wildman–Crippen LogP) is 3.89. The molecule has 0 heterocycles. The standard InChI is InChI=1S/C13H16ClF3N2O3S/c1-3-5-11(18-22-4-2)10-8-9(14)6-7-12(10)19-23(20,21)13(15,16)17/h5-8,18-19H,3-4H2,1-2H3. The fraction of sp³-hybridized carbons (Fsp3) is 0.385. The van der Waals surface area contributed by atoms with Gasteiger partial charge in [-0.1, -0.05) is 24.6 Å². The molecule has 1 aromatic rings. The van der Waals surface area contributed by atoms with Crippen molar-refractivity contribution in [1.82, 2.24) is 5.48 Å². The number of halogens is 4. The van der Waals surface area contributed by atoms with Gasteiger partial charge in [0.25, 0.3) is 0 Å². The van der Waals surface area contributed by atoms with Gasteiger partial charge in [-0.15, -0.1) is 0 Å². The SMILES string of the molecule is CCC=C(NOCC)c1cc(Cl)ccc1NS(=O)(=O)C(F)(F)F. The van der Waals surface area contributed by atoms with Crippen molar-refractivity contribution >= 4 is 33.0 Å². The molecule has 10 heteroatoms. The molecule has 2 N–H and O–H groups in total. The van der Waals surface area contributed by atoms with Crippen molar-refractivity contribution < 1.29 is 26.4 Å². The van der Waals surface area contributed by atoms with Gasteiger partial charge in [-0.25, -0.2) is 0 Å². The van der Waals surface area contributed by atoms with Crippen molar-refractivity contribution in [2.75, 3.05) is 11.3 Å². The van der Waals surface area contributed by atoms with E-state index in [-0.39, 0.29) is 16.3 Å². The van der Waals surface area contributed by atoms with Gasteiger partial charge < -0.3 is 0 Å². The highest BCUT2D eigenvalue weighted by atomic mass is 35.5. The highest BCUT2D eigenvalue weighted by molar-refractivity contribution is 7.93. The molecule has 0 fully saturated rings. The lowest BCUT2D eigenvalue weighted by molar-refractivity contribution is -0.0429. The molecule has 0 radical (unpaired) electrons. The van der Waals surface area contributed by atoms with Crippen LogP contribution in [-0.2, 0) is 14.9 Å². The third kappa shape index (κ3) is 5.29. The molecule has 1 rings (SSSR count). The number of alkyl halides is 3. The minimum Gasteiger partial charge on any atom is -0.276 e. The Labute approximate surface area is 137 Å². The fourth-order valence-electron chi connectivity index (χ4n) is 1.59. The molecule has 0 aromatic heterocycles. The van der Waals surface area contributed by atoms with E-state index in [0.29, 0.717) is 18.7 Å². The van der Waals surface area contributed by atoms with Crippen molar-refractivity contribution in [3.8, 4) is 0 Å². The molecular formula is C13H16ClF3N2O3S. The van der Waals surface area contributed by atoms with Crippen LogP contribution in [0.15, 0.2) is 24.3 Å². The maximum absolute atomic E-state index is 12.6. The van der Waals surface area contributed by atoms with E-state index in [1.54, 1.807) is 19.9 Å². The summed E-state index contributed by atoms with van der Waals surface area (Å²) in [6.45, 7) is 3.81.